The Hall–Kier alpha value is -0.580. The maximum Gasteiger partial charge on any atom is 0.143 e. The van der Waals surface area contributed by atoms with E-state index in [1.165, 1.54) is 0 Å². The van der Waals surface area contributed by atoms with Crippen molar-refractivity contribution >= 4 is 35.3 Å². The third-order valence-corrected chi connectivity index (χ3v) is 4.74. The van der Waals surface area contributed by atoms with Crippen molar-refractivity contribution in [3.63, 3.8) is 0 Å². The Labute approximate surface area is 111 Å². The number of benzene rings is 1. The Morgan fingerprint density at radius 3 is 2.94 bits per heavy atom. The molecule has 0 bridgehead atoms. The molecule has 92 valence electrons. The van der Waals surface area contributed by atoms with Gasteiger partial charge in [-0.1, -0.05) is 18.2 Å². The summed E-state index contributed by atoms with van der Waals surface area (Å²) in [5, 5.41) is 0. The largest absolute Gasteiger partial charge is 0.350 e. The van der Waals surface area contributed by atoms with Crippen molar-refractivity contribution in [2.24, 2.45) is 0 Å². The minimum atomic E-state index is -2.88. The number of hydrogen-bond acceptors (Lipinski definition) is 3. The Morgan fingerprint density at radius 2 is 2.24 bits per heavy atom. The monoisotopic (exact) mass is 287 g/mol. The summed E-state index contributed by atoms with van der Waals surface area (Å²) in [4.78, 5) is 2.51. The predicted octanol–water partition coefficient (Wildman–Crippen LogP) is 3.23. The lowest BCUT2D eigenvalue weighted by molar-refractivity contribution is 0.689. The van der Waals surface area contributed by atoms with Crippen LogP contribution in [0.5, 0.6) is 0 Å². The van der Waals surface area contributed by atoms with Crippen LogP contribution >= 0.6 is 10.7 Å². The number of fused-ring (bicyclic) bond motifs is 1. The topological polar surface area (TPSA) is 20.3 Å². The molecule has 0 saturated heterocycles. The maximum atomic E-state index is 11.9. The van der Waals surface area contributed by atoms with Crippen molar-refractivity contribution in [2.45, 2.75) is 24.2 Å². The normalized spacial score (nSPS) is 20.9. The molecule has 1 aromatic carbocycles. The highest BCUT2D eigenvalue weighted by Gasteiger charge is 2.18. The van der Waals surface area contributed by atoms with Crippen molar-refractivity contribution < 1.29 is 4.21 Å². The summed E-state index contributed by atoms with van der Waals surface area (Å²) in [5.41, 5.74) is 2.06. The van der Waals surface area contributed by atoms with Crippen LogP contribution in [-0.2, 0) is 25.3 Å². The van der Waals surface area contributed by atoms with Gasteiger partial charge < -0.3 is 4.90 Å². The molecule has 0 amide bonds. The molecule has 0 radical (unpaired) electrons. The van der Waals surface area contributed by atoms with Gasteiger partial charge in [0.25, 0.3) is 0 Å². The zero-order valence-corrected chi connectivity index (χ0v) is 11.9. The average Bonchev–Trinajstić information content (AvgIpc) is 2.24. The fourth-order valence-electron chi connectivity index (χ4n) is 2.08. The van der Waals surface area contributed by atoms with Gasteiger partial charge in [0.1, 0.15) is 7.71 Å². The Bertz CT molecular complexity index is 552. The molecule has 2 rings (SSSR count). The van der Waals surface area contributed by atoms with Gasteiger partial charge in [-0.15, -0.1) is 0 Å². The number of aryl methyl sites for hydroxylation is 1. The van der Waals surface area contributed by atoms with E-state index < -0.39 is 7.71 Å². The predicted molar refractivity (Wildman–Crippen MR) is 76.5 cm³/mol. The lowest BCUT2D eigenvalue weighted by atomic mass is 10.0. The molecule has 0 saturated carbocycles. The highest BCUT2D eigenvalue weighted by atomic mass is 35.7. The third kappa shape index (κ3) is 2.81. The standard InChI is InChI=1S/C12H14ClNOS2/c1-14-9-4-2-3-6-10-7-5-8-11(12(10)14)17(13,15)16/h4-5,7-9H,2-3,6H2,1H3/b9-4-. The molecule has 5 heteroatoms. The molecule has 0 N–H and O–H groups in total. The first-order chi connectivity index (χ1) is 8.00. The first-order valence-corrected chi connectivity index (χ1v) is 8.77. The molecule has 1 aromatic rings. The molecule has 2 nitrogen and oxygen atoms in total. The highest BCUT2D eigenvalue weighted by molar-refractivity contribution is 8.46. The number of anilines is 1. The zero-order valence-electron chi connectivity index (χ0n) is 9.56. The minimum absolute atomic E-state index is 0.556. The van der Waals surface area contributed by atoms with E-state index in [2.05, 4.69) is 6.08 Å². The molecule has 0 aromatic heterocycles. The number of hydrogen-bond donors (Lipinski definition) is 0. The van der Waals surface area contributed by atoms with Crippen LogP contribution in [0.1, 0.15) is 18.4 Å². The van der Waals surface area contributed by atoms with Gasteiger partial charge in [-0.2, -0.15) is 0 Å². The van der Waals surface area contributed by atoms with E-state index in [1.54, 1.807) is 6.07 Å². The fourth-order valence-corrected chi connectivity index (χ4v) is 3.61. The van der Waals surface area contributed by atoms with E-state index in [0.717, 1.165) is 30.5 Å². The van der Waals surface area contributed by atoms with Crippen LogP contribution in [0.25, 0.3) is 0 Å². The van der Waals surface area contributed by atoms with E-state index in [1.807, 2.05) is 30.3 Å². The number of nitrogens with zero attached hydrogens (tertiary/aromatic N) is 1. The van der Waals surface area contributed by atoms with Crippen LogP contribution in [0.4, 0.5) is 5.69 Å². The Morgan fingerprint density at radius 1 is 1.47 bits per heavy atom. The number of allylic oxidation sites excluding steroid dienone is 1. The summed E-state index contributed by atoms with van der Waals surface area (Å²) in [7, 11) is 4.90. The lowest BCUT2D eigenvalue weighted by Crippen LogP contribution is -2.15. The van der Waals surface area contributed by atoms with Crippen molar-refractivity contribution in [2.75, 3.05) is 11.9 Å². The summed E-state index contributed by atoms with van der Waals surface area (Å²) < 4.78 is 11.9. The molecule has 0 aliphatic carbocycles. The van der Waals surface area contributed by atoms with E-state index in [0.29, 0.717) is 4.90 Å². The van der Waals surface area contributed by atoms with Gasteiger partial charge in [0, 0.05) is 18.2 Å². The SMILES string of the molecule is CN1/C=C\CCCc2cccc(S(=O)(=S)Cl)c21. The quantitative estimate of drug-likeness (QED) is 0.740. The minimum Gasteiger partial charge on any atom is -0.350 e. The van der Waals surface area contributed by atoms with Crippen molar-refractivity contribution in [1.29, 1.82) is 0 Å². The second-order valence-corrected chi connectivity index (χ2v) is 8.67. The van der Waals surface area contributed by atoms with Crippen LogP contribution in [0.15, 0.2) is 35.4 Å². The van der Waals surface area contributed by atoms with Crippen molar-refractivity contribution in [1.82, 2.24) is 0 Å². The Kier molecular flexibility index (Phi) is 3.76. The average molecular weight is 288 g/mol. The molecule has 1 unspecified atom stereocenters. The summed E-state index contributed by atoms with van der Waals surface area (Å²) in [6.07, 6.45) is 7.19. The van der Waals surface area contributed by atoms with Gasteiger partial charge in [0.05, 0.1) is 10.6 Å². The van der Waals surface area contributed by atoms with Crippen LogP contribution in [0.2, 0.25) is 0 Å². The summed E-state index contributed by atoms with van der Waals surface area (Å²) >= 11 is 4.91. The Balaban J connectivity index is 2.66. The van der Waals surface area contributed by atoms with Crippen molar-refractivity contribution in [3.8, 4) is 0 Å². The number of rotatable bonds is 1. The van der Waals surface area contributed by atoms with Crippen LogP contribution in [-0.4, -0.2) is 11.3 Å². The molecule has 17 heavy (non-hydrogen) atoms. The molecule has 1 heterocycles. The fraction of sp³-hybridized carbons (Fsp3) is 0.333. The van der Waals surface area contributed by atoms with Gasteiger partial charge in [0.2, 0.25) is 0 Å². The van der Waals surface area contributed by atoms with E-state index in [4.69, 9.17) is 21.9 Å². The van der Waals surface area contributed by atoms with Crippen molar-refractivity contribution in [3.05, 3.63) is 36.0 Å². The summed E-state index contributed by atoms with van der Waals surface area (Å²) in [6, 6.07) is 5.68. The molecular weight excluding hydrogens is 274 g/mol. The number of halogens is 1. The third-order valence-electron chi connectivity index (χ3n) is 2.84. The van der Waals surface area contributed by atoms with Gasteiger partial charge in [0.15, 0.2) is 0 Å². The van der Waals surface area contributed by atoms with Gasteiger partial charge in [-0.3, -0.25) is 0 Å². The van der Waals surface area contributed by atoms with Crippen LogP contribution in [0.3, 0.4) is 0 Å². The van der Waals surface area contributed by atoms with Gasteiger partial charge in [-0.25, -0.2) is 4.21 Å². The first-order valence-electron chi connectivity index (χ1n) is 5.46. The van der Waals surface area contributed by atoms with Gasteiger partial charge in [-0.05, 0) is 47.8 Å². The van der Waals surface area contributed by atoms with E-state index in [9.17, 15) is 4.21 Å². The molecule has 0 spiro atoms. The molecule has 1 aliphatic heterocycles. The maximum absolute atomic E-state index is 11.9. The first kappa shape index (κ1) is 12.9. The number of para-hydroxylation sites is 1. The van der Waals surface area contributed by atoms with Crippen LogP contribution < -0.4 is 4.90 Å². The van der Waals surface area contributed by atoms with E-state index in [-0.39, 0.29) is 0 Å². The van der Waals surface area contributed by atoms with Crippen LogP contribution in [0, 0.1) is 0 Å². The van der Waals surface area contributed by atoms with Gasteiger partial charge >= 0.3 is 0 Å². The lowest BCUT2D eigenvalue weighted by Gasteiger charge is -2.23. The molecule has 0 fully saturated rings. The second-order valence-electron chi connectivity index (χ2n) is 4.09. The molecule has 1 aliphatic rings. The molecule has 1 atom stereocenters. The summed E-state index contributed by atoms with van der Waals surface area (Å²) in [6.45, 7) is 0. The molecular formula is C12H14ClNOS2. The zero-order chi connectivity index (χ0) is 12.5. The van der Waals surface area contributed by atoms with E-state index >= 15 is 0 Å². The summed E-state index contributed by atoms with van der Waals surface area (Å²) in [5.74, 6) is 0. The highest BCUT2D eigenvalue weighted by Crippen LogP contribution is 2.33. The smallest absolute Gasteiger partial charge is 0.143 e. The second kappa shape index (κ2) is 4.96.